The van der Waals surface area contributed by atoms with E-state index in [2.05, 4.69) is 75.1 Å². The standard InChI is InChI=1S/C12H18BrN3OSi.C12H20N4OSi/c2*1-18(2,3)7-6-17-9-16-5-4-10-12(16)14-8-11(13)15-10/h4-5,8H,6-7,9H2,1-3H3;4-5,8H,6-7,9H2,1-3H3,(H2,13,15). The fraction of sp³-hybridized carbons (Fsp3) is 0.500. The highest BCUT2D eigenvalue weighted by atomic mass is 79.9. The Bertz CT molecular complexity index is 1170. The van der Waals surface area contributed by atoms with Gasteiger partial charge in [0.25, 0.3) is 0 Å². The summed E-state index contributed by atoms with van der Waals surface area (Å²) in [7, 11) is -2.03. The molecule has 4 rings (SSSR count). The Morgan fingerprint density at radius 1 is 0.778 bits per heavy atom. The lowest BCUT2D eigenvalue weighted by molar-refractivity contribution is 0.0898. The van der Waals surface area contributed by atoms with Crippen molar-refractivity contribution in [3.63, 3.8) is 0 Å². The zero-order valence-corrected chi connectivity index (χ0v) is 25.7. The largest absolute Gasteiger partial charge is 0.382 e. The molecule has 196 valence electrons. The Morgan fingerprint density at radius 2 is 1.25 bits per heavy atom. The highest BCUT2D eigenvalue weighted by Crippen LogP contribution is 2.15. The average molecular weight is 593 g/mol. The Balaban J connectivity index is 0.000000201. The Labute approximate surface area is 223 Å². The fourth-order valence-electron chi connectivity index (χ4n) is 3.21. The number of hydrogen-bond donors (Lipinski definition) is 1. The molecule has 4 aromatic heterocycles. The summed E-state index contributed by atoms with van der Waals surface area (Å²) < 4.78 is 16.1. The van der Waals surface area contributed by atoms with E-state index in [-0.39, 0.29) is 0 Å². The molecule has 0 bridgehead atoms. The SMILES string of the molecule is C[Si](C)(C)CCOCn1ccc2nc(Br)cnc21.C[Si](C)(C)CCOCn1ccc2nc(N)cnc21. The summed E-state index contributed by atoms with van der Waals surface area (Å²) in [6.07, 6.45) is 7.17. The van der Waals surface area contributed by atoms with Crippen LogP contribution in [-0.2, 0) is 22.9 Å². The average Bonchev–Trinajstić information content (AvgIpc) is 3.36. The van der Waals surface area contributed by atoms with Crippen molar-refractivity contribution >= 4 is 60.2 Å². The number of fused-ring (bicyclic) bond motifs is 2. The van der Waals surface area contributed by atoms with Gasteiger partial charge in [0.2, 0.25) is 0 Å². The van der Waals surface area contributed by atoms with Crippen LogP contribution in [0.4, 0.5) is 5.82 Å². The predicted octanol–water partition coefficient (Wildman–Crippen LogP) is 5.83. The maximum absolute atomic E-state index is 5.71. The summed E-state index contributed by atoms with van der Waals surface area (Å²) in [4.78, 5) is 17.2. The number of nitrogens with two attached hydrogens (primary N) is 1. The highest BCUT2D eigenvalue weighted by Gasteiger charge is 2.13. The molecule has 0 amide bonds. The summed E-state index contributed by atoms with van der Waals surface area (Å²) >= 11 is 3.32. The molecule has 0 aromatic carbocycles. The number of rotatable bonds is 10. The van der Waals surface area contributed by atoms with Gasteiger partial charge in [-0.1, -0.05) is 39.3 Å². The predicted molar refractivity (Wildman–Crippen MR) is 155 cm³/mol. The second kappa shape index (κ2) is 12.4. The van der Waals surface area contributed by atoms with E-state index in [0.29, 0.717) is 19.3 Å². The zero-order chi connectivity index (χ0) is 26.3. The van der Waals surface area contributed by atoms with Crippen LogP contribution in [0.2, 0.25) is 51.4 Å². The summed E-state index contributed by atoms with van der Waals surface area (Å²) in [6.45, 7) is 16.8. The van der Waals surface area contributed by atoms with Crippen molar-refractivity contribution in [1.29, 1.82) is 0 Å². The van der Waals surface area contributed by atoms with Crippen molar-refractivity contribution in [3.8, 4) is 0 Å². The van der Waals surface area contributed by atoms with Gasteiger partial charge in [0.15, 0.2) is 11.3 Å². The van der Waals surface area contributed by atoms with Crippen LogP contribution in [0.3, 0.4) is 0 Å². The number of nitrogen functional groups attached to an aromatic ring is 1. The molecular weight excluding hydrogens is 554 g/mol. The second-order valence-corrected chi connectivity index (χ2v) is 23.2. The molecule has 0 fully saturated rings. The summed E-state index contributed by atoms with van der Waals surface area (Å²) in [5.41, 5.74) is 8.97. The molecule has 0 aliphatic rings. The Kier molecular flexibility index (Phi) is 9.81. The van der Waals surface area contributed by atoms with Crippen LogP contribution in [0, 0.1) is 0 Å². The van der Waals surface area contributed by atoms with Gasteiger partial charge in [-0.05, 0) is 40.2 Å². The lowest BCUT2D eigenvalue weighted by atomic mass is 10.5. The number of nitrogens with zero attached hydrogens (tertiary/aromatic N) is 6. The minimum absolute atomic E-state index is 0.444. The molecule has 0 aliphatic carbocycles. The van der Waals surface area contributed by atoms with Crippen LogP contribution in [-0.4, -0.2) is 58.4 Å². The van der Waals surface area contributed by atoms with Crippen LogP contribution in [0.25, 0.3) is 22.3 Å². The van der Waals surface area contributed by atoms with E-state index in [9.17, 15) is 0 Å². The van der Waals surface area contributed by atoms with Crippen molar-refractivity contribution in [1.82, 2.24) is 29.1 Å². The molecule has 0 spiro atoms. The van der Waals surface area contributed by atoms with E-state index >= 15 is 0 Å². The van der Waals surface area contributed by atoms with Crippen molar-refractivity contribution in [2.75, 3.05) is 18.9 Å². The van der Waals surface area contributed by atoms with Gasteiger partial charge >= 0.3 is 0 Å². The van der Waals surface area contributed by atoms with Gasteiger partial charge in [-0.2, -0.15) is 0 Å². The minimum atomic E-state index is -1.02. The number of anilines is 1. The van der Waals surface area contributed by atoms with Gasteiger partial charge in [0.1, 0.15) is 34.9 Å². The van der Waals surface area contributed by atoms with E-state index < -0.39 is 16.1 Å². The Hall–Kier alpha value is -2.13. The molecular formula is C24H38BrN7O2Si2. The lowest BCUT2D eigenvalue weighted by Gasteiger charge is -2.15. The van der Waals surface area contributed by atoms with E-state index in [0.717, 1.165) is 40.1 Å². The first kappa shape index (κ1) is 28.4. The number of ether oxygens (including phenoxy) is 2. The number of hydrogen-bond acceptors (Lipinski definition) is 7. The van der Waals surface area contributed by atoms with Gasteiger partial charge in [-0.15, -0.1) is 0 Å². The van der Waals surface area contributed by atoms with Crippen molar-refractivity contribution < 1.29 is 9.47 Å². The molecule has 12 heteroatoms. The van der Waals surface area contributed by atoms with Gasteiger partial charge in [0, 0.05) is 41.8 Å². The Morgan fingerprint density at radius 3 is 1.75 bits per heavy atom. The van der Waals surface area contributed by atoms with E-state index in [1.54, 1.807) is 12.4 Å². The van der Waals surface area contributed by atoms with Crippen molar-refractivity contribution in [2.45, 2.75) is 64.8 Å². The van der Waals surface area contributed by atoms with E-state index in [1.807, 2.05) is 33.7 Å². The third kappa shape index (κ3) is 9.07. The monoisotopic (exact) mass is 591 g/mol. The summed E-state index contributed by atoms with van der Waals surface area (Å²) in [5, 5.41) is 0. The van der Waals surface area contributed by atoms with E-state index in [1.165, 1.54) is 12.1 Å². The molecule has 0 saturated heterocycles. The van der Waals surface area contributed by atoms with Crippen molar-refractivity contribution in [2.24, 2.45) is 0 Å². The van der Waals surface area contributed by atoms with Crippen LogP contribution in [0.1, 0.15) is 0 Å². The first-order valence-electron chi connectivity index (χ1n) is 12.1. The molecule has 4 heterocycles. The molecule has 9 nitrogen and oxygen atoms in total. The van der Waals surface area contributed by atoms with E-state index in [4.69, 9.17) is 15.2 Å². The zero-order valence-electron chi connectivity index (χ0n) is 22.2. The molecule has 0 radical (unpaired) electrons. The minimum Gasteiger partial charge on any atom is -0.382 e. The molecule has 0 unspecified atom stereocenters. The van der Waals surface area contributed by atoms with Crippen LogP contribution in [0.15, 0.2) is 41.5 Å². The number of aromatic nitrogens is 6. The normalized spacial score (nSPS) is 12.2. The van der Waals surface area contributed by atoms with Gasteiger partial charge in [0.05, 0.1) is 12.4 Å². The van der Waals surface area contributed by atoms with Crippen LogP contribution >= 0.6 is 15.9 Å². The lowest BCUT2D eigenvalue weighted by Crippen LogP contribution is -2.22. The molecule has 0 atom stereocenters. The summed E-state index contributed by atoms with van der Waals surface area (Å²) in [6, 6.07) is 6.21. The quantitative estimate of drug-likeness (QED) is 0.182. The highest BCUT2D eigenvalue weighted by molar-refractivity contribution is 9.10. The fourth-order valence-corrected chi connectivity index (χ4v) is 5.01. The smallest absolute Gasteiger partial charge is 0.160 e. The second-order valence-electron chi connectivity index (χ2n) is 11.2. The van der Waals surface area contributed by atoms with Gasteiger partial charge in [-0.25, -0.2) is 19.9 Å². The first-order valence-corrected chi connectivity index (χ1v) is 20.3. The molecule has 4 aromatic rings. The molecule has 2 N–H and O–H groups in total. The van der Waals surface area contributed by atoms with Crippen LogP contribution in [0.5, 0.6) is 0 Å². The van der Waals surface area contributed by atoms with Gasteiger partial charge < -0.3 is 24.3 Å². The third-order valence-corrected chi connectivity index (χ3v) is 9.16. The van der Waals surface area contributed by atoms with Crippen molar-refractivity contribution in [3.05, 3.63) is 41.5 Å². The van der Waals surface area contributed by atoms with Crippen LogP contribution < -0.4 is 5.73 Å². The molecule has 0 aliphatic heterocycles. The van der Waals surface area contributed by atoms with Gasteiger partial charge in [-0.3, -0.25) is 0 Å². The molecule has 36 heavy (non-hydrogen) atoms. The topological polar surface area (TPSA) is 106 Å². The summed E-state index contributed by atoms with van der Waals surface area (Å²) in [5.74, 6) is 0.444. The third-order valence-electron chi connectivity index (χ3n) is 5.37. The number of halogens is 1. The maximum Gasteiger partial charge on any atom is 0.160 e. The first-order chi connectivity index (χ1) is 16.9. The maximum atomic E-state index is 5.71. The molecule has 0 saturated carbocycles.